The summed E-state index contributed by atoms with van der Waals surface area (Å²) in [5, 5.41) is 7.29. The Bertz CT molecular complexity index is 1090. The zero-order valence-corrected chi connectivity index (χ0v) is 16.2. The van der Waals surface area contributed by atoms with Gasteiger partial charge in [-0.05, 0) is 23.3 Å². The van der Waals surface area contributed by atoms with Crippen molar-refractivity contribution in [2.45, 2.75) is 13.0 Å². The largest absolute Gasteiger partial charge is 0.348 e. The summed E-state index contributed by atoms with van der Waals surface area (Å²) in [7, 11) is 1.87. The summed E-state index contributed by atoms with van der Waals surface area (Å²) in [5.41, 5.74) is 5.68. The number of nitrogens with zero attached hydrogens (tertiary/aromatic N) is 3. The van der Waals surface area contributed by atoms with Crippen LogP contribution in [-0.2, 0) is 20.0 Å². The average Bonchev–Trinajstić information content (AvgIpc) is 3.14. The van der Waals surface area contributed by atoms with Crippen molar-refractivity contribution in [2.75, 3.05) is 0 Å². The second kappa shape index (κ2) is 8.52. The van der Waals surface area contributed by atoms with E-state index in [0.29, 0.717) is 18.5 Å². The first-order valence-electron chi connectivity index (χ1n) is 9.54. The number of nitrogens with one attached hydrogen (secondary N) is 1. The summed E-state index contributed by atoms with van der Waals surface area (Å²) < 4.78 is 1.77. The Morgan fingerprint density at radius 2 is 1.69 bits per heavy atom. The van der Waals surface area contributed by atoms with Crippen LogP contribution in [0.1, 0.15) is 27.2 Å². The van der Waals surface area contributed by atoms with Crippen molar-refractivity contribution in [3.63, 3.8) is 0 Å². The van der Waals surface area contributed by atoms with Gasteiger partial charge >= 0.3 is 0 Å². The van der Waals surface area contributed by atoms with Crippen molar-refractivity contribution in [3.05, 3.63) is 108 Å². The number of benzene rings is 2. The number of aryl methyl sites for hydroxylation is 1. The number of amides is 1. The van der Waals surface area contributed by atoms with Crippen molar-refractivity contribution in [2.24, 2.45) is 7.05 Å². The lowest BCUT2D eigenvalue weighted by molar-refractivity contribution is 0.0950. The first-order chi connectivity index (χ1) is 14.2. The first-order valence-corrected chi connectivity index (χ1v) is 9.54. The van der Waals surface area contributed by atoms with E-state index in [1.54, 1.807) is 17.1 Å². The molecule has 0 fully saturated rings. The molecule has 0 aliphatic heterocycles. The monoisotopic (exact) mass is 382 g/mol. The highest BCUT2D eigenvalue weighted by atomic mass is 16.1. The average molecular weight is 382 g/mol. The van der Waals surface area contributed by atoms with Gasteiger partial charge in [-0.2, -0.15) is 5.10 Å². The van der Waals surface area contributed by atoms with E-state index in [9.17, 15) is 4.79 Å². The van der Waals surface area contributed by atoms with E-state index in [1.165, 1.54) is 0 Å². The number of aromatic nitrogens is 3. The maximum atomic E-state index is 12.8. The fraction of sp³-hybridized carbons (Fsp3) is 0.125. The predicted octanol–water partition coefficient (Wildman–Crippen LogP) is 4.00. The van der Waals surface area contributed by atoms with Crippen molar-refractivity contribution in [1.29, 1.82) is 0 Å². The lowest BCUT2D eigenvalue weighted by Crippen LogP contribution is -2.24. The zero-order valence-electron chi connectivity index (χ0n) is 16.2. The summed E-state index contributed by atoms with van der Waals surface area (Å²) in [6.45, 7) is 0.459. The summed E-state index contributed by atoms with van der Waals surface area (Å²) in [4.78, 5) is 17.1. The summed E-state index contributed by atoms with van der Waals surface area (Å²) >= 11 is 0. The lowest BCUT2D eigenvalue weighted by atomic mass is 10.1. The van der Waals surface area contributed by atoms with Crippen molar-refractivity contribution in [3.8, 4) is 11.3 Å². The van der Waals surface area contributed by atoms with Crippen LogP contribution in [0.5, 0.6) is 0 Å². The minimum absolute atomic E-state index is 0.113. The molecule has 5 heteroatoms. The van der Waals surface area contributed by atoms with Crippen molar-refractivity contribution >= 4 is 5.91 Å². The van der Waals surface area contributed by atoms with E-state index in [1.807, 2.05) is 67.7 Å². The topological polar surface area (TPSA) is 59.8 Å². The van der Waals surface area contributed by atoms with Gasteiger partial charge in [0.25, 0.3) is 5.91 Å². The highest BCUT2D eigenvalue weighted by Gasteiger charge is 2.16. The number of pyridine rings is 1. The Kier molecular flexibility index (Phi) is 5.47. The van der Waals surface area contributed by atoms with Crippen molar-refractivity contribution < 1.29 is 4.79 Å². The van der Waals surface area contributed by atoms with Gasteiger partial charge in [-0.1, -0.05) is 60.7 Å². The number of carbonyl (C=O) groups excluding carboxylic acids is 1. The van der Waals surface area contributed by atoms with Crippen LogP contribution in [0, 0.1) is 0 Å². The van der Waals surface area contributed by atoms with Crippen LogP contribution in [0.25, 0.3) is 11.3 Å². The number of hydrogen-bond donors (Lipinski definition) is 1. The fourth-order valence-electron chi connectivity index (χ4n) is 3.26. The Hall–Kier alpha value is -3.73. The van der Waals surface area contributed by atoms with Gasteiger partial charge in [0.1, 0.15) is 0 Å². The molecule has 1 N–H and O–H groups in total. The SMILES string of the molecule is Cn1ncc(C(=O)NCc2ccc(-c3ccccn3)cc2)c1Cc1ccccc1. The molecule has 2 aromatic heterocycles. The van der Waals surface area contributed by atoms with E-state index in [2.05, 4.69) is 27.5 Å². The molecule has 1 amide bonds. The number of hydrogen-bond acceptors (Lipinski definition) is 3. The quantitative estimate of drug-likeness (QED) is 0.548. The summed E-state index contributed by atoms with van der Waals surface area (Å²) in [6, 6.07) is 24.0. The van der Waals surface area contributed by atoms with Crippen LogP contribution >= 0.6 is 0 Å². The third-order valence-corrected chi connectivity index (χ3v) is 4.89. The van der Waals surface area contributed by atoms with E-state index >= 15 is 0 Å². The summed E-state index contributed by atoms with van der Waals surface area (Å²) in [6.07, 6.45) is 4.08. The van der Waals surface area contributed by atoms with Crippen molar-refractivity contribution in [1.82, 2.24) is 20.1 Å². The molecule has 0 unspecified atom stereocenters. The minimum Gasteiger partial charge on any atom is -0.348 e. The second-order valence-electron chi connectivity index (χ2n) is 6.89. The van der Waals surface area contributed by atoms with Gasteiger partial charge in [0, 0.05) is 31.8 Å². The molecule has 144 valence electrons. The van der Waals surface area contributed by atoms with Gasteiger partial charge in [0.2, 0.25) is 0 Å². The third-order valence-electron chi connectivity index (χ3n) is 4.89. The Morgan fingerprint density at radius 1 is 0.931 bits per heavy atom. The van der Waals surface area contributed by atoms with Gasteiger partial charge in [0.15, 0.2) is 0 Å². The van der Waals surface area contributed by atoms with E-state index < -0.39 is 0 Å². The molecule has 2 aromatic carbocycles. The van der Waals surface area contributed by atoms with Gasteiger partial charge in [-0.25, -0.2) is 0 Å². The van der Waals surface area contributed by atoms with Gasteiger partial charge in [-0.3, -0.25) is 14.5 Å². The molecule has 0 aliphatic rings. The lowest BCUT2D eigenvalue weighted by Gasteiger charge is -2.09. The predicted molar refractivity (Wildman–Crippen MR) is 113 cm³/mol. The van der Waals surface area contributed by atoms with Crippen LogP contribution in [0.3, 0.4) is 0 Å². The van der Waals surface area contributed by atoms with Gasteiger partial charge in [-0.15, -0.1) is 0 Å². The second-order valence-corrected chi connectivity index (χ2v) is 6.89. The molecule has 0 radical (unpaired) electrons. The highest BCUT2D eigenvalue weighted by Crippen LogP contribution is 2.17. The smallest absolute Gasteiger partial charge is 0.255 e. The zero-order chi connectivity index (χ0) is 20.1. The molecule has 5 nitrogen and oxygen atoms in total. The van der Waals surface area contributed by atoms with E-state index in [-0.39, 0.29) is 5.91 Å². The molecule has 0 spiro atoms. The maximum absolute atomic E-state index is 12.8. The molecule has 0 saturated carbocycles. The van der Waals surface area contributed by atoms with Gasteiger partial charge < -0.3 is 5.32 Å². The maximum Gasteiger partial charge on any atom is 0.255 e. The van der Waals surface area contributed by atoms with E-state index in [0.717, 1.165) is 28.1 Å². The van der Waals surface area contributed by atoms with Crippen LogP contribution in [-0.4, -0.2) is 20.7 Å². The van der Waals surface area contributed by atoms with Crippen LogP contribution in [0.15, 0.2) is 85.2 Å². The molecule has 0 aliphatic carbocycles. The normalized spacial score (nSPS) is 10.7. The Balaban J connectivity index is 1.43. The van der Waals surface area contributed by atoms with E-state index in [4.69, 9.17) is 0 Å². The van der Waals surface area contributed by atoms with Crippen LogP contribution in [0.2, 0.25) is 0 Å². The molecule has 2 heterocycles. The minimum atomic E-state index is -0.113. The summed E-state index contributed by atoms with van der Waals surface area (Å²) in [5.74, 6) is -0.113. The Morgan fingerprint density at radius 3 is 2.41 bits per heavy atom. The molecule has 0 saturated heterocycles. The molecule has 0 bridgehead atoms. The highest BCUT2D eigenvalue weighted by molar-refractivity contribution is 5.95. The number of rotatable bonds is 6. The molecular formula is C24H22N4O. The van der Waals surface area contributed by atoms with Crippen LogP contribution < -0.4 is 5.32 Å². The fourth-order valence-corrected chi connectivity index (χ4v) is 3.26. The molecule has 0 atom stereocenters. The standard InChI is InChI=1S/C24H22N4O/c1-28-23(15-18-7-3-2-4-8-18)21(17-27-28)24(29)26-16-19-10-12-20(13-11-19)22-9-5-6-14-25-22/h2-14,17H,15-16H2,1H3,(H,26,29). The molecule has 4 rings (SSSR count). The number of carbonyl (C=O) groups is 1. The third kappa shape index (κ3) is 4.41. The van der Waals surface area contributed by atoms with Crippen LogP contribution in [0.4, 0.5) is 0 Å². The molecule has 4 aromatic rings. The van der Waals surface area contributed by atoms with Gasteiger partial charge in [0.05, 0.1) is 23.1 Å². The molecular weight excluding hydrogens is 360 g/mol. The molecule has 29 heavy (non-hydrogen) atoms. The first kappa shape index (κ1) is 18.6. The Labute approximate surface area is 170 Å².